The minimum Gasteiger partial charge on any atom is -0.378 e. The van der Waals surface area contributed by atoms with Gasteiger partial charge in [0, 0.05) is 25.7 Å². The molecule has 6 aliphatic rings. The molecule has 28 heavy (non-hydrogen) atoms. The van der Waals surface area contributed by atoms with Crippen LogP contribution in [-0.2, 0) is 9.47 Å². The van der Waals surface area contributed by atoms with Crippen LogP contribution in [0.15, 0.2) is 0 Å². The number of morpholine rings is 1. The predicted octanol–water partition coefficient (Wildman–Crippen LogP) is 3.99. The molecule has 5 aliphatic heterocycles. The van der Waals surface area contributed by atoms with Gasteiger partial charge in [0.2, 0.25) is 0 Å². The first-order chi connectivity index (χ1) is 13.8. The normalized spacial score (nSPS) is 46.1. The zero-order valence-corrected chi connectivity index (χ0v) is 17.9. The molecule has 1 saturated carbocycles. The van der Waals surface area contributed by atoms with E-state index in [1.807, 2.05) is 0 Å². The molecule has 0 aromatic carbocycles. The third-order valence-corrected chi connectivity index (χ3v) is 8.98. The highest BCUT2D eigenvalue weighted by Gasteiger charge is 2.48. The molecule has 0 amide bonds. The molecule has 160 valence electrons. The van der Waals surface area contributed by atoms with Crippen molar-refractivity contribution >= 4 is 0 Å². The molecular formula is C24H42N2O2. The summed E-state index contributed by atoms with van der Waals surface area (Å²) < 4.78 is 12.4. The summed E-state index contributed by atoms with van der Waals surface area (Å²) in [5.41, 5.74) is 0.245. The smallest absolute Gasteiger partial charge is 0.0664 e. The van der Waals surface area contributed by atoms with E-state index in [2.05, 4.69) is 10.2 Å². The van der Waals surface area contributed by atoms with Gasteiger partial charge in [-0.1, -0.05) is 19.3 Å². The molecule has 1 spiro atoms. The topological polar surface area (TPSA) is 33.7 Å². The zero-order chi connectivity index (χ0) is 18.8. The second kappa shape index (κ2) is 8.91. The first-order valence-corrected chi connectivity index (χ1v) is 12.5. The van der Waals surface area contributed by atoms with Crippen molar-refractivity contribution in [2.75, 3.05) is 39.5 Å². The van der Waals surface area contributed by atoms with Crippen molar-refractivity contribution in [3.05, 3.63) is 0 Å². The molecule has 1 N–H and O–H groups in total. The van der Waals surface area contributed by atoms with Gasteiger partial charge < -0.3 is 14.8 Å². The van der Waals surface area contributed by atoms with Crippen LogP contribution >= 0.6 is 0 Å². The Balaban J connectivity index is 1.29. The number of nitrogens with one attached hydrogen (secondary N) is 1. The summed E-state index contributed by atoms with van der Waals surface area (Å²) in [7, 11) is 0. The Hall–Kier alpha value is -0.160. The van der Waals surface area contributed by atoms with Gasteiger partial charge in [0.1, 0.15) is 0 Å². The molecule has 4 atom stereocenters. The lowest BCUT2D eigenvalue weighted by atomic mass is 9.72. The molecular weight excluding hydrogens is 348 g/mol. The summed E-state index contributed by atoms with van der Waals surface area (Å²) in [6, 6.07) is 0.694. The number of hydrogen-bond acceptors (Lipinski definition) is 4. The quantitative estimate of drug-likeness (QED) is 0.678. The highest BCUT2D eigenvalue weighted by molar-refractivity contribution is 5.07. The summed E-state index contributed by atoms with van der Waals surface area (Å²) in [4.78, 5) is 2.84. The van der Waals surface area contributed by atoms with Gasteiger partial charge in [-0.25, -0.2) is 0 Å². The first-order valence-electron chi connectivity index (χ1n) is 12.5. The summed E-state index contributed by atoms with van der Waals surface area (Å²) in [5, 5.41) is 3.92. The van der Waals surface area contributed by atoms with Crippen LogP contribution in [0.5, 0.6) is 0 Å². The van der Waals surface area contributed by atoms with Crippen molar-refractivity contribution in [3.63, 3.8) is 0 Å². The highest BCUT2D eigenvalue weighted by Crippen LogP contribution is 2.42. The van der Waals surface area contributed by atoms with Gasteiger partial charge in [0.05, 0.1) is 24.9 Å². The van der Waals surface area contributed by atoms with Crippen LogP contribution in [-0.4, -0.2) is 62.0 Å². The zero-order valence-electron chi connectivity index (χ0n) is 17.9. The van der Waals surface area contributed by atoms with E-state index in [-0.39, 0.29) is 5.54 Å². The maximum atomic E-state index is 6.38. The van der Waals surface area contributed by atoms with E-state index < -0.39 is 0 Å². The van der Waals surface area contributed by atoms with E-state index in [1.165, 1.54) is 90.1 Å². The Labute approximate surface area is 172 Å². The number of fused-ring (bicyclic) bond motifs is 6. The fraction of sp³-hybridized carbons (Fsp3) is 1.00. The molecule has 2 bridgehead atoms. The largest absolute Gasteiger partial charge is 0.378 e. The van der Waals surface area contributed by atoms with Crippen LogP contribution in [0.3, 0.4) is 0 Å². The number of rotatable bonds is 0. The molecule has 4 unspecified atom stereocenters. The van der Waals surface area contributed by atoms with Crippen molar-refractivity contribution in [2.24, 2.45) is 17.8 Å². The van der Waals surface area contributed by atoms with Gasteiger partial charge in [-0.3, -0.25) is 4.90 Å². The first kappa shape index (κ1) is 19.8. The minimum atomic E-state index is 0.245. The average Bonchev–Trinajstić information content (AvgIpc) is 3.07. The second-order valence-electron chi connectivity index (χ2n) is 10.5. The molecule has 5 saturated heterocycles. The van der Waals surface area contributed by atoms with E-state index in [0.717, 1.165) is 44.1 Å². The third kappa shape index (κ3) is 4.04. The Bertz CT molecular complexity index is 499. The Kier molecular flexibility index (Phi) is 6.30. The molecule has 1 aliphatic carbocycles. The van der Waals surface area contributed by atoms with Crippen molar-refractivity contribution in [2.45, 2.75) is 94.7 Å². The van der Waals surface area contributed by atoms with E-state index >= 15 is 0 Å². The van der Waals surface area contributed by atoms with Crippen molar-refractivity contribution < 1.29 is 9.47 Å². The van der Waals surface area contributed by atoms with Gasteiger partial charge in [-0.15, -0.1) is 0 Å². The van der Waals surface area contributed by atoms with Crippen molar-refractivity contribution in [3.8, 4) is 0 Å². The van der Waals surface area contributed by atoms with Crippen molar-refractivity contribution in [1.82, 2.24) is 10.2 Å². The molecule has 6 fully saturated rings. The van der Waals surface area contributed by atoms with Crippen LogP contribution in [0.25, 0.3) is 0 Å². The van der Waals surface area contributed by atoms with Crippen LogP contribution in [0.4, 0.5) is 0 Å². The SMILES string of the molecule is C1CCN2CCC3(COCCN3)C2CCC2CCC(CC2)C2OCCCC2C1. The van der Waals surface area contributed by atoms with E-state index in [9.17, 15) is 0 Å². The fourth-order valence-electron chi connectivity index (χ4n) is 7.41. The lowest BCUT2D eigenvalue weighted by Gasteiger charge is -2.44. The maximum Gasteiger partial charge on any atom is 0.0664 e. The van der Waals surface area contributed by atoms with Gasteiger partial charge >= 0.3 is 0 Å². The number of hydrogen-bond donors (Lipinski definition) is 1. The monoisotopic (exact) mass is 390 g/mol. The molecule has 0 aromatic heterocycles. The Morgan fingerprint density at radius 3 is 2.46 bits per heavy atom. The van der Waals surface area contributed by atoms with Gasteiger partial charge in [0.15, 0.2) is 0 Å². The lowest BCUT2D eigenvalue weighted by molar-refractivity contribution is -0.0751. The summed E-state index contributed by atoms with van der Waals surface area (Å²) in [5.74, 6) is 2.64. The van der Waals surface area contributed by atoms with E-state index in [1.54, 1.807) is 0 Å². The van der Waals surface area contributed by atoms with Crippen molar-refractivity contribution in [1.29, 1.82) is 0 Å². The molecule has 0 radical (unpaired) electrons. The van der Waals surface area contributed by atoms with E-state index in [0.29, 0.717) is 12.1 Å². The summed E-state index contributed by atoms with van der Waals surface area (Å²) in [6.45, 7) is 6.45. The van der Waals surface area contributed by atoms with E-state index in [4.69, 9.17) is 9.47 Å². The highest BCUT2D eigenvalue weighted by atomic mass is 16.5. The van der Waals surface area contributed by atoms with Gasteiger partial charge in [-0.2, -0.15) is 0 Å². The van der Waals surface area contributed by atoms with Gasteiger partial charge in [0.25, 0.3) is 0 Å². The predicted molar refractivity (Wildman–Crippen MR) is 113 cm³/mol. The molecule has 0 aromatic rings. The average molecular weight is 391 g/mol. The summed E-state index contributed by atoms with van der Waals surface area (Å²) in [6.07, 6.45) is 17.3. The van der Waals surface area contributed by atoms with Gasteiger partial charge in [-0.05, 0) is 82.1 Å². The molecule has 5 heterocycles. The maximum absolute atomic E-state index is 6.38. The molecule has 4 nitrogen and oxygen atoms in total. The van der Waals surface area contributed by atoms with Crippen LogP contribution in [0.1, 0.15) is 77.0 Å². The van der Waals surface area contributed by atoms with Crippen LogP contribution in [0, 0.1) is 17.8 Å². The number of nitrogens with zero attached hydrogens (tertiary/aromatic N) is 1. The standard InChI is InChI=1S/C24H42N2O2/c1-2-14-26-15-12-24(18-27-17-13-25-24)22(26)11-8-19-6-9-21(10-7-19)23-20(4-1)5-3-16-28-23/h19-23,25H,1-18H2. The fourth-order valence-corrected chi connectivity index (χ4v) is 7.41. The molecule has 6 rings (SSSR count). The van der Waals surface area contributed by atoms with Crippen LogP contribution in [0.2, 0.25) is 0 Å². The Morgan fingerprint density at radius 1 is 0.786 bits per heavy atom. The Morgan fingerprint density at radius 2 is 1.61 bits per heavy atom. The lowest BCUT2D eigenvalue weighted by Crippen LogP contribution is -2.61. The third-order valence-electron chi connectivity index (χ3n) is 8.98. The second-order valence-corrected chi connectivity index (χ2v) is 10.5. The number of ether oxygens (including phenoxy) is 2. The minimum absolute atomic E-state index is 0.245. The molecule has 4 heteroatoms. The van der Waals surface area contributed by atoms with Crippen LogP contribution < -0.4 is 5.32 Å². The summed E-state index contributed by atoms with van der Waals surface area (Å²) >= 11 is 0.